The zero-order valence-corrected chi connectivity index (χ0v) is 12.5. The Balaban J connectivity index is 1.97. The summed E-state index contributed by atoms with van der Waals surface area (Å²) in [5.41, 5.74) is 0. The third-order valence-electron chi connectivity index (χ3n) is 3.20. The molecule has 0 aliphatic carbocycles. The molecule has 1 aliphatic rings. The molecule has 5 nitrogen and oxygen atoms in total. The second-order valence-corrected chi connectivity index (χ2v) is 7.23. The van der Waals surface area contributed by atoms with Crippen LogP contribution in [0.15, 0.2) is 29.2 Å². The van der Waals surface area contributed by atoms with Crippen molar-refractivity contribution in [1.82, 2.24) is 10.6 Å². The summed E-state index contributed by atoms with van der Waals surface area (Å²) in [6.07, 6.45) is 1.65. The number of sulfone groups is 1. The number of carbonyl (C=O) groups excluding carboxylic acids is 1. The molecule has 0 unspecified atom stereocenters. The summed E-state index contributed by atoms with van der Waals surface area (Å²) in [5, 5.41) is 6.42. The molecule has 0 aromatic heterocycles. The van der Waals surface area contributed by atoms with Crippen molar-refractivity contribution < 1.29 is 13.2 Å². The Labute approximate surface area is 123 Å². The van der Waals surface area contributed by atoms with Crippen molar-refractivity contribution in [3.8, 4) is 0 Å². The van der Waals surface area contributed by atoms with Crippen LogP contribution < -0.4 is 10.6 Å². The first-order valence-electron chi connectivity index (χ1n) is 6.46. The van der Waals surface area contributed by atoms with Gasteiger partial charge in [-0.2, -0.15) is 0 Å². The minimum atomic E-state index is -3.61. The predicted octanol–water partition coefficient (Wildman–Crippen LogP) is 0.982. The lowest BCUT2D eigenvalue weighted by molar-refractivity contribution is -0.119. The number of amides is 1. The average Bonchev–Trinajstić information content (AvgIpc) is 2.39. The number of rotatable bonds is 4. The van der Waals surface area contributed by atoms with Crippen LogP contribution in [0.1, 0.15) is 12.8 Å². The minimum Gasteiger partial charge on any atom is -0.352 e. The third-order valence-corrected chi connectivity index (χ3v) is 5.08. The van der Waals surface area contributed by atoms with Gasteiger partial charge in [0.25, 0.3) is 0 Å². The van der Waals surface area contributed by atoms with Gasteiger partial charge in [-0.15, -0.1) is 0 Å². The van der Waals surface area contributed by atoms with Gasteiger partial charge in [-0.3, -0.25) is 4.79 Å². The Morgan fingerprint density at radius 1 is 1.25 bits per heavy atom. The van der Waals surface area contributed by atoms with Crippen molar-refractivity contribution in [3.63, 3.8) is 0 Å². The quantitative estimate of drug-likeness (QED) is 0.868. The van der Waals surface area contributed by atoms with Gasteiger partial charge in [0.15, 0.2) is 9.84 Å². The van der Waals surface area contributed by atoms with Crippen molar-refractivity contribution in [2.45, 2.75) is 23.8 Å². The Morgan fingerprint density at radius 2 is 1.85 bits per heavy atom. The smallest absolute Gasteiger partial charge is 0.235 e. The summed E-state index contributed by atoms with van der Waals surface area (Å²) in [5.74, 6) is -0.981. The van der Waals surface area contributed by atoms with Crippen molar-refractivity contribution in [3.05, 3.63) is 29.3 Å². The molecule has 110 valence electrons. The summed E-state index contributed by atoms with van der Waals surface area (Å²) < 4.78 is 24.2. The van der Waals surface area contributed by atoms with E-state index in [1.54, 1.807) is 0 Å². The SMILES string of the molecule is O=C(CS(=O)(=O)c1ccc(Cl)cc1)NC1CCNCC1. The van der Waals surface area contributed by atoms with Crippen molar-refractivity contribution in [2.24, 2.45) is 0 Å². The van der Waals surface area contributed by atoms with Gasteiger partial charge >= 0.3 is 0 Å². The Bertz CT molecular complexity index is 566. The van der Waals surface area contributed by atoms with Crippen LogP contribution in [-0.2, 0) is 14.6 Å². The van der Waals surface area contributed by atoms with Gasteiger partial charge in [0, 0.05) is 11.1 Å². The monoisotopic (exact) mass is 316 g/mol. The molecule has 0 bridgehead atoms. The molecule has 0 saturated carbocycles. The molecule has 20 heavy (non-hydrogen) atoms. The molecule has 7 heteroatoms. The largest absolute Gasteiger partial charge is 0.352 e. The number of hydrogen-bond donors (Lipinski definition) is 2. The normalized spacial score (nSPS) is 16.9. The molecular weight excluding hydrogens is 300 g/mol. The lowest BCUT2D eigenvalue weighted by atomic mass is 10.1. The van der Waals surface area contributed by atoms with E-state index in [0.29, 0.717) is 5.02 Å². The lowest BCUT2D eigenvalue weighted by Gasteiger charge is -2.23. The van der Waals surface area contributed by atoms with Gasteiger partial charge in [0.2, 0.25) is 5.91 Å². The first-order valence-corrected chi connectivity index (χ1v) is 8.49. The Hall–Kier alpha value is -1.11. The number of piperidine rings is 1. The Morgan fingerprint density at radius 3 is 2.45 bits per heavy atom. The third kappa shape index (κ3) is 4.19. The van der Waals surface area contributed by atoms with E-state index in [0.717, 1.165) is 25.9 Å². The molecular formula is C13H17ClN2O3S. The molecule has 2 N–H and O–H groups in total. The number of carbonyl (C=O) groups is 1. The van der Waals surface area contributed by atoms with Gasteiger partial charge in [-0.1, -0.05) is 11.6 Å². The molecule has 1 amide bonds. The van der Waals surface area contributed by atoms with Gasteiger partial charge in [0.05, 0.1) is 4.90 Å². The second kappa shape index (κ2) is 6.56. The molecule has 1 aromatic rings. The fraction of sp³-hybridized carbons (Fsp3) is 0.462. The van der Waals surface area contributed by atoms with Crippen LogP contribution in [-0.4, -0.2) is 39.2 Å². The van der Waals surface area contributed by atoms with Crippen LogP contribution in [0.5, 0.6) is 0 Å². The van der Waals surface area contributed by atoms with Gasteiger partial charge < -0.3 is 10.6 Å². The van der Waals surface area contributed by atoms with E-state index in [1.807, 2.05) is 0 Å². The molecule has 0 radical (unpaired) electrons. The number of nitrogens with one attached hydrogen (secondary N) is 2. The molecule has 0 spiro atoms. The molecule has 0 atom stereocenters. The number of hydrogen-bond acceptors (Lipinski definition) is 4. The van der Waals surface area contributed by atoms with Crippen molar-refractivity contribution in [2.75, 3.05) is 18.8 Å². The topological polar surface area (TPSA) is 75.3 Å². The first kappa shape index (κ1) is 15.3. The summed E-state index contributed by atoms with van der Waals surface area (Å²) in [6, 6.07) is 5.88. The van der Waals surface area contributed by atoms with Crippen molar-refractivity contribution in [1.29, 1.82) is 0 Å². The molecule has 1 heterocycles. The highest BCUT2D eigenvalue weighted by Crippen LogP contribution is 2.15. The highest BCUT2D eigenvalue weighted by Gasteiger charge is 2.22. The molecule has 1 aromatic carbocycles. The van der Waals surface area contributed by atoms with Crippen LogP contribution in [0.3, 0.4) is 0 Å². The van der Waals surface area contributed by atoms with Gasteiger partial charge in [0.1, 0.15) is 5.75 Å². The van der Waals surface area contributed by atoms with Crippen LogP contribution in [0.4, 0.5) is 0 Å². The van der Waals surface area contributed by atoms with Crippen LogP contribution in [0.25, 0.3) is 0 Å². The number of halogens is 1. The lowest BCUT2D eigenvalue weighted by Crippen LogP contribution is -2.44. The molecule has 1 aliphatic heterocycles. The second-order valence-electron chi connectivity index (χ2n) is 4.80. The van der Waals surface area contributed by atoms with Crippen LogP contribution >= 0.6 is 11.6 Å². The maximum atomic E-state index is 12.1. The highest BCUT2D eigenvalue weighted by molar-refractivity contribution is 7.92. The van der Waals surface area contributed by atoms with E-state index in [9.17, 15) is 13.2 Å². The van der Waals surface area contributed by atoms with Crippen LogP contribution in [0, 0.1) is 0 Å². The fourth-order valence-corrected chi connectivity index (χ4v) is 3.41. The Kier molecular flexibility index (Phi) is 5.01. The van der Waals surface area contributed by atoms with E-state index < -0.39 is 21.5 Å². The average molecular weight is 317 g/mol. The van der Waals surface area contributed by atoms with E-state index in [4.69, 9.17) is 11.6 Å². The van der Waals surface area contributed by atoms with E-state index in [1.165, 1.54) is 24.3 Å². The highest BCUT2D eigenvalue weighted by atomic mass is 35.5. The molecule has 1 saturated heterocycles. The zero-order chi connectivity index (χ0) is 14.6. The summed E-state index contributed by atoms with van der Waals surface area (Å²) in [6.45, 7) is 1.68. The summed E-state index contributed by atoms with van der Waals surface area (Å²) in [7, 11) is -3.61. The van der Waals surface area contributed by atoms with E-state index in [-0.39, 0.29) is 10.9 Å². The zero-order valence-electron chi connectivity index (χ0n) is 10.9. The van der Waals surface area contributed by atoms with Crippen molar-refractivity contribution >= 4 is 27.3 Å². The fourth-order valence-electron chi connectivity index (χ4n) is 2.13. The number of benzene rings is 1. The molecule has 2 rings (SSSR count). The van der Waals surface area contributed by atoms with Crippen LogP contribution in [0.2, 0.25) is 5.02 Å². The van der Waals surface area contributed by atoms with E-state index >= 15 is 0 Å². The van der Waals surface area contributed by atoms with E-state index in [2.05, 4.69) is 10.6 Å². The maximum Gasteiger partial charge on any atom is 0.235 e. The van der Waals surface area contributed by atoms with Gasteiger partial charge in [-0.25, -0.2) is 8.42 Å². The first-order chi connectivity index (χ1) is 9.47. The summed E-state index contributed by atoms with van der Waals surface area (Å²) in [4.78, 5) is 11.9. The predicted molar refractivity (Wildman–Crippen MR) is 77.5 cm³/mol. The molecule has 1 fully saturated rings. The van der Waals surface area contributed by atoms with Gasteiger partial charge in [-0.05, 0) is 50.2 Å². The standard InChI is InChI=1S/C13H17ClN2O3S/c14-10-1-3-12(4-2-10)20(18,19)9-13(17)16-11-5-7-15-8-6-11/h1-4,11,15H,5-9H2,(H,16,17). The minimum absolute atomic E-state index is 0.0594. The maximum absolute atomic E-state index is 12.1. The summed E-state index contributed by atoms with van der Waals surface area (Å²) >= 11 is 5.72.